The molecule has 5 rings (SSSR count). The van der Waals surface area contributed by atoms with Gasteiger partial charge >= 0.3 is 0 Å². The molecule has 1 saturated carbocycles. The summed E-state index contributed by atoms with van der Waals surface area (Å²) in [6.45, 7) is 0.0658. The summed E-state index contributed by atoms with van der Waals surface area (Å²) >= 11 is 0. The Kier molecular flexibility index (Phi) is 5.50. The monoisotopic (exact) mass is 433 g/mol. The second-order valence-corrected chi connectivity index (χ2v) is 8.63. The number of nitrogen functional groups attached to an aromatic ring is 1. The summed E-state index contributed by atoms with van der Waals surface area (Å²) in [5, 5.41) is 33.0. The van der Waals surface area contributed by atoms with Gasteiger partial charge in [0.25, 0.3) is 0 Å². The van der Waals surface area contributed by atoms with E-state index in [0.29, 0.717) is 18.7 Å². The molecule has 3 aromatic heterocycles. The van der Waals surface area contributed by atoms with Gasteiger partial charge in [-0.3, -0.25) is 0 Å². The number of anilines is 1. The minimum Gasteiger partial charge on any atom is -0.396 e. The molecule has 3 heterocycles. The first kappa shape index (κ1) is 20.8. The highest BCUT2D eigenvalue weighted by atomic mass is 16.3. The van der Waals surface area contributed by atoms with E-state index >= 15 is 0 Å². The summed E-state index contributed by atoms with van der Waals surface area (Å²) in [5.41, 5.74) is 9.61. The zero-order chi connectivity index (χ0) is 22.2. The molecule has 4 aromatic rings. The van der Waals surface area contributed by atoms with Crippen LogP contribution >= 0.6 is 0 Å². The Morgan fingerprint density at radius 2 is 1.88 bits per heavy atom. The van der Waals surface area contributed by atoms with Gasteiger partial charge in [0.15, 0.2) is 0 Å². The highest BCUT2D eigenvalue weighted by Crippen LogP contribution is 2.39. The molecule has 1 aliphatic carbocycles. The van der Waals surface area contributed by atoms with Gasteiger partial charge in [-0.25, -0.2) is 15.0 Å². The molecule has 1 fully saturated rings. The van der Waals surface area contributed by atoms with Gasteiger partial charge in [-0.2, -0.15) is 0 Å². The van der Waals surface area contributed by atoms with E-state index in [9.17, 15) is 15.3 Å². The maximum atomic E-state index is 10.8. The second kappa shape index (κ2) is 8.46. The van der Waals surface area contributed by atoms with E-state index in [2.05, 4.69) is 21.0 Å². The topological polar surface area (TPSA) is 130 Å². The van der Waals surface area contributed by atoms with Crippen LogP contribution in [0.3, 0.4) is 0 Å². The maximum Gasteiger partial charge on any atom is 0.143 e. The van der Waals surface area contributed by atoms with E-state index in [4.69, 9.17) is 5.73 Å². The van der Waals surface area contributed by atoms with Crippen LogP contribution in [0.15, 0.2) is 49.1 Å². The van der Waals surface area contributed by atoms with Crippen LogP contribution in [0.25, 0.3) is 21.9 Å². The molecule has 0 aliphatic heterocycles. The van der Waals surface area contributed by atoms with Crippen LogP contribution in [-0.4, -0.2) is 53.7 Å². The number of pyridine rings is 1. The third-order valence-corrected chi connectivity index (χ3v) is 6.70. The van der Waals surface area contributed by atoms with Crippen LogP contribution in [0.4, 0.5) is 5.82 Å². The van der Waals surface area contributed by atoms with Gasteiger partial charge in [0.2, 0.25) is 0 Å². The number of aryl methyl sites for hydroxylation is 1. The number of hydrogen-bond acceptors (Lipinski definition) is 7. The number of fused-ring (bicyclic) bond motifs is 2. The SMILES string of the molecule is Nc1ccc2cc(CCO)c(CC[C@H]3C[C@@H](n4ccc5cncnc54)[C@H](O)[C@@H]3O)cc2n1. The standard InChI is InChI=1S/C24H27N5O3/c25-21-4-3-16-9-15(6-8-30)14(10-19(16)28-21)1-2-17-11-20(23(32)22(17)31)29-7-5-18-12-26-13-27-24(18)29/h3-5,7,9-10,12-13,17,20,22-23,30-32H,1-2,6,8,11H2,(H2,25,28)/t17-,20+,22+,23-/m0/s1. The molecule has 1 aromatic carbocycles. The van der Waals surface area contributed by atoms with Crippen LogP contribution in [-0.2, 0) is 12.8 Å². The van der Waals surface area contributed by atoms with Crippen molar-refractivity contribution in [3.63, 3.8) is 0 Å². The van der Waals surface area contributed by atoms with Crippen molar-refractivity contribution in [2.45, 2.75) is 43.9 Å². The molecule has 0 amide bonds. The normalized spacial score (nSPS) is 23.3. The Hall–Kier alpha value is -3.07. The molecule has 0 saturated heterocycles. The van der Waals surface area contributed by atoms with E-state index in [0.717, 1.165) is 45.9 Å². The maximum absolute atomic E-state index is 10.8. The van der Waals surface area contributed by atoms with Crippen molar-refractivity contribution in [2.24, 2.45) is 5.92 Å². The first-order valence-electron chi connectivity index (χ1n) is 11.0. The molecule has 8 heteroatoms. The number of aliphatic hydroxyl groups is 3. The van der Waals surface area contributed by atoms with Crippen molar-refractivity contribution in [1.29, 1.82) is 0 Å². The highest BCUT2D eigenvalue weighted by Gasteiger charge is 2.42. The zero-order valence-corrected chi connectivity index (χ0v) is 17.7. The Labute approximate surface area is 185 Å². The number of aliphatic hydroxyl groups excluding tert-OH is 3. The zero-order valence-electron chi connectivity index (χ0n) is 17.7. The predicted octanol–water partition coefficient (Wildman–Crippen LogP) is 2.01. The predicted molar refractivity (Wildman–Crippen MR) is 122 cm³/mol. The first-order chi connectivity index (χ1) is 15.5. The fourth-order valence-corrected chi connectivity index (χ4v) is 5.03. The summed E-state index contributed by atoms with van der Waals surface area (Å²) in [7, 11) is 0. The summed E-state index contributed by atoms with van der Waals surface area (Å²) in [6.07, 6.45) is 6.13. The first-order valence-corrected chi connectivity index (χ1v) is 11.0. The van der Waals surface area contributed by atoms with Gasteiger partial charge in [-0.05, 0) is 73.1 Å². The lowest BCUT2D eigenvalue weighted by Crippen LogP contribution is -2.29. The number of nitrogens with two attached hydrogens (primary N) is 1. The molecular formula is C24H27N5O3. The molecule has 32 heavy (non-hydrogen) atoms. The quantitative estimate of drug-likeness (QED) is 0.366. The van der Waals surface area contributed by atoms with Crippen LogP contribution < -0.4 is 5.73 Å². The van der Waals surface area contributed by atoms with Crippen LogP contribution in [0.1, 0.15) is 30.0 Å². The lowest BCUT2D eigenvalue weighted by Gasteiger charge is -2.19. The minimum absolute atomic E-state index is 0.0548. The summed E-state index contributed by atoms with van der Waals surface area (Å²) in [4.78, 5) is 12.8. The Morgan fingerprint density at radius 1 is 1.03 bits per heavy atom. The summed E-state index contributed by atoms with van der Waals surface area (Å²) < 4.78 is 1.95. The van der Waals surface area contributed by atoms with Crippen molar-refractivity contribution < 1.29 is 15.3 Å². The van der Waals surface area contributed by atoms with Gasteiger partial charge in [0.1, 0.15) is 23.9 Å². The van der Waals surface area contributed by atoms with Gasteiger partial charge in [-0.1, -0.05) is 0 Å². The molecule has 166 valence electrons. The smallest absolute Gasteiger partial charge is 0.143 e. The number of rotatable bonds is 6. The summed E-state index contributed by atoms with van der Waals surface area (Å²) in [6, 6.07) is 9.49. The number of nitrogens with zero attached hydrogens (tertiary/aromatic N) is 4. The van der Waals surface area contributed by atoms with Crippen molar-refractivity contribution in [3.8, 4) is 0 Å². The van der Waals surface area contributed by atoms with Gasteiger partial charge < -0.3 is 25.6 Å². The molecule has 0 radical (unpaired) electrons. The van der Waals surface area contributed by atoms with E-state index in [-0.39, 0.29) is 18.6 Å². The molecule has 0 bridgehead atoms. The van der Waals surface area contributed by atoms with Gasteiger partial charge in [0, 0.05) is 29.8 Å². The van der Waals surface area contributed by atoms with Crippen molar-refractivity contribution in [3.05, 3.63) is 60.2 Å². The van der Waals surface area contributed by atoms with Crippen LogP contribution in [0.2, 0.25) is 0 Å². The average molecular weight is 434 g/mol. The van der Waals surface area contributed by atoms with Crippen molar-refractivity contribution >= 4 is 27.8 Å². The highest BCUT2D eigenvalue weighted by molar-refractivity contribution is 5.82. The molecule has 5 N–H and O–H groups in total. The lowest BCUT2D eigenvalue weighted by molar-refractivity contribution is 0.00544. The van der Waals surface area contributed by atoms with Crippen molar-refractivity contribution in [2.75, 3.05) is 12.3 Å². The Balaban J connectivity index is 1.37. The molecule has 0 unspecified atom stereocenters. The fraction of sp³-hybridized carbons (Fsp3) is 0.375. The molecule has 4 atom stereocenters. The van der Waals surface area contributed by atoms with Crippen LogP contribution in [0.5, 0.6) is 0 Å². The average Bonchev–Trinajstić information content (AvgIpc) is 3.34. The third kappa shape index (κ3) is 3.70. The number of hydrogen-bond donors (Lipinski definition) is 4. The Bertz CT molecular complexity index is 1260. The summed E-state index contributed by atoms with van der Waals surface area (Å²) in [5.74, 6) is 0.416. The molecule has 8 nitrogen and oxygen atoms in total. The fourth-order valence-electron chi connectivity index (χ4n) is 5.03. The van der Waals surface area contributed by atoms with E-state index < -0.39 is 12.2 Å². The third-order valence-electron chi connectivity index (χ3n) is 6.70. The van der Waals surface area contributed by atoms with Gasteiger partial charge in [-0.15, -0.1) is 0 Å². The van der Waals surface area contributed by atoms with Crippen LogP contribution in [0, 0.1) is 5.92 Å². The lowest BCUT2D eigenvalue weighted by atomic mass is 9.92. The molecule has 0 spiro atoms. The second-order valence-electron chi connectivity index (χ2n) is 8.63. The van der Waals surface area contributed by atoms with Gasteiger partial charge in [0.05, 0.1) is 17.7 Å². The van der Waals surface area contributed by atoms with E-state index in [1.165, 1.54) is 6.33 Å². The number of aromatic nitrogens is 4. The van der Waals surface area contributed by atoms with E-state index in [1.807, 2.05) is 29.0 Å². The van der Waals surface area contributed by atoms with E-state index in [1.54, 1.807) is 12.3 Å². The minimum atomic E-state index is -0.861. The molecule has 1 aliphatic rings. The Morgan fingerprint density at radius 3 is 2.72 bits per heavy atom. The molecular weight excluding hydrogens is 406 g/mol. The number of benzene rings is 1. The largest absolute Gasteiger partial charge is 0.396 e. The van der Waals surface area contributed by atoms with Crippen molar-refractivity contribution in [1.82, 2.24) is 19.5 Å².